The van der Waals surface area contributed by atoms with Crippen molar-refractivity contribution >= 4 is 23.2 Å². The van der Waals surface area contributed by atoms with E-state index in [0.717, 1.165) is 47.8 Å². The molecule has 0 aliphatic carbocycles. The summed E-state index contributed by atoms with van der Waals surface area (Å²) in [7, 11) is 1.91. The summed E-state index contributed by atoms with van der Waals surface area (Å²) in [5.41, 5.74) is 4.31. The van der Waals surface area contributed by atoms with Crippen molar-refractivity contribution < 1.29 is 4.79 Å². The summed E-state index contributed by atoms with van der Waals surface area (Å²) in [6.45, 7) is 3.57. The van der Waals surface area contributed by atoms with Crippen LogP contribution < -0.4 is 15.1 Å². The van der Waals surface area contributed by atoms with Crippen LogP contribution in [0.25, 0.3) is 0 Å². The summed E-state index contributed by atoms with van der Waals surface area (Å²) >= 11 is 0. The van der Waals surface area contributed by atoms with Gasteiger partial charge >= 0.3 is 0 Å². The Kier molecular flexibility index (Phi) is 5.93. The summed E-state index contributed by atoms with van der Waals surface area (Å²) in [5.74, 6) is 1.66. The number of hydrogen-bond acceptors (Lipinski definition) is 5. The highest BCUT2D eigenvalue weighted by Gasteiger charge is 2.28. The number of hydrogen-bond donors (Lipinski definition) is 1. The van der Waals surface area contributed by atoms with E-state index < -0.39 is 0 Å². The van der Waals surface area contributed by atoms with E-state index in [1.807, 2.05) is 54.1 Å². The summed E-state index contributed by atoms with van der Waals surface area (Å²) in [6.07, 6.45) is 3.58. The van der Waals surface area contributed by atoms with E-state index in [4.69, 9.17) is 0 Å². The van der Waals surface area contributed by atoms with Crippen LogP contribution in [-0.2, 0) is 17.8 Å². The molecule has 6 heteroatoms. The molecule has 0 atom stereocenters. The van der Waals surface area contributed by atoms with Gasteiger partial charge in [0.25, 0.3) is 0 Å². The van der Waals surface area contributed by atoms with Crippen LogP contribution in [0.3, 0.4) is 0 Å². The van der Waals surface area contributed by atoms with Gasteiger partial charge in [0.15, 0.2) is 0 Å². The Morgan fingerprint density at radius 2 is 1.87 bits per heavy atom. The maximum Gasteiger partial charge on any atom is 0.246 e. The molecule has 154 valence electrons. The Labute approximate surface area is 177 Å². The van der Waals surface area contributed by atoms with Crippen molar-refractivity contribution in [3.8, 4) is 0 Å². The molecule has 2 aromatic carbocycles. The van der Waals surface area contributed by atoms with Gasteiger partial charge < -0.3 is 15.1 Å². The first-order valence-electron chi connectivity index (χ1n) is 10.3. The van der Waals surface area contributed by atoms with Crippen molar-refractivity contribution in [2.45, 2.75) is 26.3 Å². The number of amides is 1. The molecule has 2 heterocycles. The number of nitrogens with zero attached hydrogens (tertiary/aromatic N) is 4. The van der Waals surface area contributed by atoms with Gasteiger partial charge in [-0.25, -0.2) is 9.97 Å². The number of carbonyl (C=O) groups excluding carboxylic acids is 1. The lowest BCUT2D eigenvalue weighted by Gasteiger charge is -2.22. The van der Waals surface area contributed by atoms with Crippen molar-refractivity contribution in [3.63, 3.8) is 0 Å². The SMILES string of the molecule is Cc1cccc(N2Cc3c(NCCCc4ccccc4)ncnc3N(C)CC2=O)c1. The molecule has 6 nitrogen and oxygen atoms in total. The number of carbonyl (C=O) groups is 1. The maximum absolute atomic E-state index is 12.9. The van der Waals surface area contributed by atoms with Gasteiger partial charge in [0, 0.05) is 19.3 Å². The quantitative estimate of drug-likeness (QED) is 0.637. The van der Waals surface area contributed by atoms with Gasteiger partial charge in [-0.15, -0.1) is 0 Å². The number of fused-ring (bicyclic) bond motifs is 1. The van der Waals surface area contributed by atoms with Crippen LogP contribution in [0.1, 0.15) is 23.1 Å². The highest BCUT2D eigenvalue weighted by molar-refractivity contribution is 5.98. The van der Waals surface area contributed by atoms with Crippen molar-refractivity contribution in [2.24, 2.45) is 0 Å². The lowest BCUT2D eigenvalue weighted by Crippen LogP contribution is -2.35. The molecule has 0 saturated heterocycles. The number of likely N-dealkylation sites (N-methyl/N-ethyl adjacent to an activating group) is 1. The van der Waals surface area contributed by atoms with Gasteiger partial charge in [-0.1, -0.05) is 42.5 Å². The topological polar surface area (TPSA) is 61.4 Å². The van der Waals surface area contributed by atoms with Crippen LogP contribution >= 0.6 is 0 Å². The number of aryl methyl sites for hydroxylation is 2. The predicted molar refractivity (Wildman–Crippen MR) is 121 cm³/mol. The van der Waals surface area contributed by atoms with E-state index in [1.165, 1.54) is 5.56 Å². The molecule has 1 aliphatic rings. The van der Waals surface area contributed by atoms with E-state index in [9.17, 15) is 4.79 Å². The molecule has 1 amide bonds. The Balaban J connectivity index is 1.53. The molecule has 0 radical (unpaired) electrons. The van der Waals surface area contributed by atoms with Crippen molar-refractivity contribution in [1.29, 1.82) is 0 Å². The molecule has 0 bridgehead atoms. The van der Waals surface area contributed by atoms with Crippen molar-refractivity contribution in [1.82, 2.24) is 9.97 Å². The van der Waals surface area contributed by atoms with Gasteiger partial charge in [0.05, 0.1) is 18.7 Å². The number of anilines is 3. The molecule has 4 rings (SSSR count). The lowest BCUT2D eigenvalue weighted by atomic mass is 10.1. The Morgan fingerprint density at radius 1 is 1.03 bits per heavy atom. The zero-order valence-electron chi connectivity index (χ0n) is 17.5. The standard InChI is InChI=1S/C24H27N5O/c1-18-8-6-12-20(14-18)29-15-21-23(25-13-7-11-19-9-4-3-5-10-19)26-17-27-24(21)28(2)16-22(29)30/h3-6,8-10,12,14,17H,7,11,13,15-16H2,1-2H3,(H,25,26,27). The molecule has 0 saturated carbocycles. The normalized spacial score (nSPS) is 13.7. The number of aromatic nitrogens is 2. The average Bonchev–Trinajstić information content (AvgIpc) is 2.88. The molecule has 1 aromatic heterocycles. The van der Waals surface area contributed by atoms with Gasteiger partial charge in [0.1, 0.15) is 18.0 Å². The monoisotopic (exact) mass is 401 g/mol. The molecule has 1 aliphatic heterocycles. The van der Waals surface area contributed by atoms with Crippen molar-refractivity contribution in [2.75, 3.05) is 35.3 Å². The molecule has 3 aromatic rings. The highest BCUT2D eigenvalue weighted by Crippen LogP contribution is 2.30. The van der Waals surface area contributed by atoms with E-state index in [2.05, 4.69) is 39.6 Å². The molecule has 1 N–H and O–H groups in total. The first-order valence-corrected chi connectivity index (χ1v) is 10.3. The van der Waals surface area contributed by atoms with Crippen LogP contribution in [0.15, 0.2) is 60.9 Å². The zero-order valence-corrected chi connectivity index (χ0v) is 17.5. The second-order valence-electron chi connectivity index (χ2n) is 7.72. The summed E-state index contributed by atoms with van der Waals surface area (Å²) in [6, 6.07) is 18.5. The summed E-state index contributed by atoms with van der Waals surface area (Å²) in [5, 5.41) is 3.47. The first kappa shape index (κ1) is 19.9. The van der Waals surface area contributed by atoms with Gasteiger partial charge in [0.2, 0.25) is 5.91 Å². The maximum atomic E-state index is 12.9. The average molecular weight is 402 g/mol. The van der Waals surface area contributed by atoms with Crippen molar-refractivity contribution in [3.05, 3.63) is 77.6 Å². The zero-order chi connectivity index (χ0) is 20.9. The number of benzene rings is 2. The molecular weight excluding hydrogens is 374 g/mol. The van der Waals surface area contributed by atoms with Crippen LogP contribution in [0.2, 0.25) is 0 Å². The molecular formula is C24H27N5O. The minimum absolute atomic E-state index is 0.0520. The van der Waals surface area contributed by atoms with E-state index in [1.54, 1.807) is 6.33 Å². The Morgan fingerprint density at radius 3 is 2.67 bits per heavy atom. The van der Waals surface area contributed by atoms with E-state index in [-0.39, 0.29) is 12.5 Å². The van der Waals surface area contributed by atoms with Gasteiger partial charge in [-0.3, -0.25) is 4.79 Å². The third-order valence-corrected chi connectivity index (χ3v) is 5.36. The fourth-order valence-corrected chi connectivity index (χ4v) is 3.81. The fraction of sp³-hybridized carbons (Fsp3) is 0.292. The number of nitrogens with one attached hydrogen (secondary N) is 1. The van der Waals surface area contributed by atoms with E-state index in [0.29, 0.717) is 6.54 Å². The highest BCUT2D eigenvalue weighted by atomic mass is 16.2. The van der Waals surface area contributed by atoms with Crippen LogP contribution in [0, 0.1) is 6.92 Å². The minimum Gasteiger partial charge on any atom is -0.370 e. The third kappa shape index (κ3) is 4.43. The first-order chi connectivity index (χ1) is 14.6. The Bertz CT molecular complexity index is 1020. The number of rotatable bonds is 6. The molecule has 30 heavy (non-hydrogen) atoms. The Hall–Kier alpha value is -3.41. The summed E-state index contributed by atoms with van der Waals surface area (Å²) in [4.78, 5) is 25.7. The molecule has 0 unspecified atom stereocenters. The summed E-state index contributed by atoms with van der Waals surface area (Å²) < 4.78 is 0. The smallest absolute Gasteiger partial charge is 0.246 e. The third-order valence-electron chi connectivity index (χ3n) is 5.36. The van der Waals surface area contributed by atoms with Gasteiger partial charge in [-0.2, -0.15) is 0 Å². The largest absolute Gasteiger partial charge is 0.370 e. The second-order valence-corrected chi connectivity index (χ2v) is 7.72. The predicted octanol–water partition coefficient (Wildman–Crippen LogP) is 3.81. The molecule has 0 fully saturated rings. The van der Waals surface area contributed by atoms with Crippen LogP contribution in [0.4, 0.5) is 17.3 Å². The van der Waals surface area contributed by atoms with Crippen LogP contribution in [0.5, 0.6) is 0 Å². The lowest BCUT2D eigenvalue weighted by molar-refractivity contribution is -0.117. The minimum atomic E-state index is 0.0520. The molecule has 0 spiro atoms. The second kappa shape index (κ2) is 8.95. The van der Waals surface area contributed by atoms with Gasteiger partial charge in [-0.05, 0) is 43.0 Å². The van der Waals surface area contributed by atoms with E-state index >= 15 is 0 Å². The van der Waals surface area contributed by atoms with Crippen LogP contribution in [-0.4, -0.2) is 36.0 Å². The fourth-order valence-electron chi connectivity index (χ4n) is 3.81.